The fourth-order valence-electron chi connectivity index (χ4n) is 2.42. The van der Waals surface area contributed by atoms with E-state index >= 15 is 0 Å². The van der Waals surface area contributed by atoms with Crippen molar-refractivity contribution in [2.75, 3.05) is 0 Å². The standard InChI is InChI=1S/C14H16ClNO3/c15-11-6-4-9(5-7-11)13(17)16-12-3-1-2-10(8-12)14(18)19/h4-7,10,12H,1-3,8H2,(H,16,17)(H,18,19). The number of aliphatic carboxylic acids is 1. The van der Waals surface area contributed by atoms with Crippen LogP contribution in [0, 0.1) is 5.92 Å². The predicted molar refractivity (Wildman–Crippen MR) is 72.3 cm³/mol. The van der Waals surface area contributed by atoms with Gasteiger partial charge in [-0.3, -0.25) is 9.59 Å². The van der Waals surface area contributed by atoms with Crippen molar-refractivity contribution in [3.05, 3.63) is 34.9 Å². The van der Waals surface area contributed by atoms with Crippen LogP contribution in [0.2, 0.25) is 5.02 Å². The lowest BCUT2D eigenvalue weighted by atomic mass is 9.85. The summed E-state index contributed by atoms with van der Waals surface area (Å²) in [5.41, 5.74) is 0.543. The van der Waals surface area contributed by atoms with E-state index in [1.165, 1.54) is 0 Å². The summed E-state index contributed by atoms with van der Waals surface area (Å²) in [4.78, 5) is 23.0. The van der Waals surface area contributed by atoms with Crippen LogP contribution in [0.25, 0.3) is 0 Å². The molecule has 19 heavy (non-hydrogen) atoms. The summed E-state index contributed by atoms with van der Waals surface area (Å²) in [6, 6.07) is 6.59. The minimum absolute atomic E-state index is 0.0574. The first kappa shape index (κ1) is 13.9. The number of rotatable bonds is 3. The first-order chi connectivity index (χ1) is 9.06. The Bertz CT molecular complexity index is 472. The van der Waals surface area contributed by atoms with Crippen molar-refractivity contribution in [2.45, 2.75) is 31.7 Å². The third kappa shape index (κ3) is 3.70. The second-order valence-corrected chi connectivity index (χ2v) is 5.32. The average Bonchev–Trinajstić information content (AvgIpc) is 2.39. The second kappa shape index (κ2) is 6.06. The highest BCUT2D eigenvalue weighted by Gasteiger charge is 2.27. The molecule has 1 aromatic carbocycles. The number of nitrogens with one attached hydrogen (secondary N) is 1. The van der Waals surface area contributed by atoms with E-state index in [9.17, 15) is 9.59 Å². The Morgan fingerprint density at radius 2 is 1.89 bits per heavy atom. The summed E-state index contributed by atoms with van der Waals surface area (Å²) in [6.07, 6.45) is 2.88. The Morgan fingerprint density at radius 3 is 2.53 bits per heavy atom. The third-order valence-electron chi connectivity index (χ3n) is 3.47. The van der Waals surface area contributed by atoms with E-state index in [1.807, 2.05) is 0 Å². The summed E-state index contributed by atoms with van der Waals surface area (Å²) < 4.78 is 0. The van der Waals surface area contributed by atoms with E-state index in [2.05, 4.69) is 5.32 Å². The Kier molecular flexibility index (Phi) is 4.43. The van der Waals surface area contributed by atoms with E-state index in [4.69, 9.17) is 16.7 Å². The van der Waals surface area contributed by atoms with Gasteiger partial charge in [0.2, 0.25) is 0 Å². The summed E-state index contributed by atoms with van der Waals surface area (Å²) in [5, 5.41) is 12.5. The van der Waals surface area contributed by atoms with E-state index in [0.29, 0.717) is 23.4 Å². The Labute approximate surface area is 116 Å². The summed E-state index contributed by atoms with van der Waals surface area (Å²) >= 11 is 5.77. The van der Waals surface area contributed by atoms with Gasteiger partial charge in [0.15, 0.2) is 0 Å². The van der Waals surface area contributed by atoms with Crippen LogP contribution in [0.1, 0.15) is 36.0 Å². The van der Waals surface area contributed by atoms with Gasteiger partial charge in [-0.1, -0.05) is 18.0 Å². The number of carbonyl (C=O) groups excluding carboxylic acids is 1. The van der Waals surface area contributed by atoms with Gasteiger partial charge >= 0.3 is 5.97 Å². The molecule has 2 N–H and O–H groups in total. The van der Waals surface area contributed by atoms with Crippen molar-refractivity contribution in [2.24, 2.45) is 5.92 Å². The van der Waals surface area contributed by atoms with Crippen LogP contribution in [0.4, 0.5) is 0 Å². The predicted octanol–water partition coefficient (Wildman–Crippen LogP) is 2.71. The number of benzene rings is 1. The van der Waals surface area contributed by atoms with Crippen molar-refractivity contribution in [3.8, 4) is 0 Å². The van der Waals surface area contributed by atoms with Crippen LogP contribution < -0.4 is 5.32 Å². The lowest BCUT2D eigenvalue weighted by Crippen LogP contribution is -2.39. The monoisotopic (exact) mass is 281 g/mol. The Balaban J connectivity index is 1.95. The minimum atomic E-state index is -0.773. The van der Waals surface area contributed by atoms with Crippen molar-refractivity contribution in [1.29, 1.82) is 0 Å². The topological polar surface area (TPSA) is 66.4 Å². The normalized spacial score (nSPS) is 22.8. The second-order valence-electron chi connectivity index (χ2n) is 4.88. The fraction of sp³-hybridized carbons (Fsp3) is 0.429. The molecule has 0 radical (unpaired) electrons. The molecule has 0 heterocycles. The van der Waals surface area contributed by atoms with Crippen LogP contribution >= 0.6 is 11.6 Å². The van der Waals surface area contributed by atoms with Crippen LogP contribution in [0.3, 0.4) is 0 Å². The number of hydrogen-bond acceptors (Lipinski definition) is 2. The van der Waals surface area contributed by atoms with Crippen molar-refractivity contribution in [1.82, 2.24) is 5.32 Å². The molecule has 1 aromatic rings. The maximum Gasteiger partial charge on any atom is 0.306 e. The van der Waals surface area contributed by atoms with E-state index < -0.39 is 5.97 Å². The number of carboxylic acids is 1. The highest BCUT2D eigenvalue weighted by molar-refractivity contribution is 6.30. The molecule has 1 aliphatic rings. The lowest BCUT2D eigenvalue weighted by Gasteiger charge is -2.27. The molecule has 1 amide bonds. The minimum Gasteiger partial charge on any atom is -0.481 e. The average molecular weight is 282 g/mol. The van der Waals surface area contributed by atoms with Gasteiger partial charge in [0.25, 0.3) is 5.91 Å². The number of carboxylic acid groups (broad SMARTS) is 1. The molecule has 0 aliphatic heterocycles. The van der Waals surface area contributed by atoms with Gasteiger partial charge in [-0.05, 0) is 43.5 Å². The van der Waals surface area contributed by atoms with Crippen molar-refractivity contribution >= 4 is 23.5 Å². The highest BCUT2D eigenvalue weighted by atomic mass is 35.5. The molecular weight excluding hydrogens is 266 g/mol. The number of amides is 1. The van der Waals surface area contributed by atoms with Gasteiger partial charge in [0, 0.05) is 16.6 Å². The molecule has 1 fully saturated rings. The van der Waals surface area contributed by atoms with Crippen LogP contribution in [-0.4, -0.2) is 23.0 Å². The van der Waals surface area contributed by atoms with E-state index in [0.717, 1.165) is 12.8 Å². The van der Waals surface area contributed by atoms with Crippen molar-refractivity contribution < 1.29 is 14.7 Å². The lowest BCUT2D eigenvalue weighted by molar-refractivity contribution is -0.143. The molecule has 102 valence electrons. The van der Waals surface area contributed by atoms with Crippen LogP contribution in [0.5, 0.6) is 0 Å². The summed E-state index contributed by atoms with van der Waals surface area (Å²) in [6.45, 7) is 0. The smallest absolute Gasteiger partial charge is 0.306 e. The maximum atomic E-state index is 12.0. The molecule has 1 aliphatic carbocycles. The number of halogens is 1. The molecule has 4 nitrogen and oxygen atoms in total. The largest absolute Gasteiger partial charge is 0.481 e. The quantitative estimate of drug-likeness (QED) is 0.895. The van der Waals surface area contributed by atoms with Gasteiger partial charge in [0.1, 0.15) is 0 Å². The van der Waals surface area contributed by atoms with E-state index in [1.54, 1.807) is 24.3 Å². The SMILES string of the molecule is O=C(NC1CCCC(C(=O)O)C1)c1ccc(Cl)cc1. The number of hydrogen-bond donors (Lipinski definition) is 2. The zero-order valence-corrected chi connectivity index (χ0v) is 11.2. The fourth-order valence-corrected chi connectivity index (χ4v) is 2.54. The first-order valence-electron chi connectivity index (χ1n) is 6.35. The molecule has 2 unspecified atom stereocenters. The third-order valence-corrected chi connectivity index (χ3v) is 3.72. The van der Waals surface area contributed by atoms with Gasteiger partial charge in [-0.15, -0.1) is 0 Å². The van der Waals surface area contributed by atoms with Gasteiger partial charge in [0.05, 0.1) is 5.92 Å². The maximum absolute atomic E-state index is 12.0. The molecule has 1 saturated carbocycles. The molecule has 0 saturated heterocycles. The van der Waals surface area contributed by atoms with Gasteiger partial charge in [-0.2, -0.15) is 0 Å². The summed E-state index contributed by atoms with van der Waals surface area (Å²) in [7, 11) is 0. The van der Waals surface area contributed by atoms with Gasteiger partial charge in [-0.25, -0.2) is 0 Å². The molecule has 0 aromatic heterocycles. The Morgan fingerprint density at radius 1 is 1.21 bits per heavy atom. The molecule has 0 bridgehead atoms. The number of carbonyl (C=O) groups is 2. The highest BCUT2D eigenvalue weighted by Crippen LogP contribution is 2.24. The molecule has 2 atom stereocenters. The molecule has 5 heteroatoms. The van der Waals surface area contributed by atoms with E-state index in [-0.39, 0.29) is 17.9 Å². The van der Waals surface area contributed by atoms with Gasteiger partial charge < -0.3 is 10.4 Å². The Hall–Kier alpha value is -1.55. The zero-order chi connectivity index (χ0) is 13.8. The van der Waals surface area contributed by atoms with Crippen LogP contribution in [0.15, 0.2) is 24.3 Å². The molecule has 2 rings (SSSR count). The van der Waals surface area contributed by atoms with Crippen molar-refractivity contribution in [3.63, 3.8) is 0 Å². The zero-order valence-electron chi connectivity index (χ0n) is 10.4. The molecular formula is C14H16ClNO3. The molecule has 0 spiro atoms. The van der Waals surface area contributed by atoms with Crippen LogP contribution in [-0.2, 0) is 4.79 Å². The first-order valence-corrected chi connectivity index (χ1v) is 6.73. The summed E-state index contributed by atoms with van der Waals surface area (Å²) in [5.74, 6) is -1.29.